The largest absolute Gasteiger partial charge is 0.371 e. The van der Waals surface area contributed by atoms with Crippen LogP contribution in [0.1, 0.15) is 66.4 Å². The van der Waals surface area contributed by atoms with Crippen molar-refractivity contribution in [2.75, 3.05) is 5.32 Å². The molecule has 136 valence electrons. The molecule has 0 bridgehead atoms. The smallest absolute Gasteiger partial charge is 0.353 e. The molecule has 24 heavy (non-hydrogen) atoms. The van der Waals surface area contributed by atoms with Crippen LogP contribution in [-0.2, 0) is 13.6 Å². The molecular formula is C19H32NO3P. The van der Waals surface area contributed by atoms with Crippen molar-refractivity contribution in [3.05, 3.63) is 29.8 Å². The minimum absolute atomic E-state index is 0.0664. The number of hydrogen-bond donors (Lipinski definition) is 1. The first kappa shape index (κ1) is 19.5. The lowest BCUT2D eigenvalue weighted by Gasteiger charge is -2.42. The molecule has 2 atom stereocenters. The Morgan fingerprint density at radius 3 is 2.12 bits per heavy atom. The average Bonchev–Trinajstić information content (AvgIpc) is 2.43. The van der Waals surface area contributed by atoms with Crippen molar-refractivity contribution in [3.63, 3.8) is 0 Å². The lowest BCUT2D eigenvalue weighted by molar-refractivity contribution is 0.134. The minimum Gasteiger partial charge on any atom is -0.371 e. The Hall–Kier alpha value is -0.830. The second-order valence-corrected chi connectivity index (χ2v) is 10.4. The predicted molar refractivity (Wildman–Crippen MR) is 101 cm³/mol. The third-order valence-corrected chi connectivity index (χ3v) is 6.79. The Balaban J connectivity index is 2.42. The van der Waals surface area contributed by atoms with E-state index in [1.54, 1.807) is 0 Å². The Labute approximate surface area is 146 Å². The van der Waals surface area contributed by atoms with Crippen LogP contribution in [0.3, 0.4) is 0 Å². The van der Waals surface area contributed by atoms with Crippen LogP contribution in [0, 0.1) is 5.41 Å². The summed E-state index contributed by atoms with van der Waals surface area (Å²) in [4.78, 5) is 0. The van der Waals surface area contributed by atoms with E-state index in [9.17, 15) is 4.57 Å². The highest BCUT2D eigenvalue weighted by atomic mass is 31.2. The third-order valence-electron chi connectivity index (χ3n) is 4.26. The highest BCUT2D eigenvalue weighted by Gasteiger charge is 2.45. The van der Waals surface area contributed by atoms with Gasteiger partial charge in [-0.2, -0.15) is 0 Å². The number of benzene rings is 1. The quantitative estimate of drug-likeness (QED) is 0.659. The summed E-state index contributed by atoms with van der Waals surface area (Å²) in [7, 11) is -3.28. The van der Waals surface area contributed by atoms with Gasteiger partial charge in [0.05, 0.1) is 12.2 Å². The van der Waals surface area contributed by atoms with Crippen molar-refractivity contribution in [3.8, 4) is 0 Å². The van der Waals surface area contributed by atoms with Crippen LogP contribution in [0.5, 0.6) is 0 Å². The van der Waals surface area contributed by atoms with E-state index in [-0.39, 0.29) is 23.4 Å². The Kier molecular flexibility index (Phi) is 5.84. The molecular weight excluding hydrogens is 321 g/mol. The number of anilines is 1. The van der Waals surface area contributed by atoms with Crippen LogP contribution < -0.4 is 5.32 Å². The molecule has 2 rings (SSSR count). The van der Waals surface area contributed by atoms with Crippen LogP contribution in [0.25, 0.3) is 0 Å². The van der Waals surface area contributed by atoms with Gasteiger partial charge in [0.15, 0.2) is 0 Å². The molecule has 2 unspecified atom stereocenters. The second-order valence-electron chi connectivity index (χ2n) is 8.25. The lowest BCUT2D eigenvalue weighted by Crippen LogP contribution is -2.35. The van der Waals surface area contributed by atoms with Crippen LogP contribution in [0.4, 0.5) is 5.69 Å². The molecule has 0 aliphatic carbocycles. The topological polar surface area (TPSA) is 47.6 Å². The fourth-order valence-electron chi connectivity index (χ4n) is 3.31. The molecule has 0 amide bonds. The Bertz CT molecular complexity index is 593. The molecule has 0 saturated heterocycles. The zero-order valence-electron chi connectivity index (χ0n) is 16.0. The third kappa shape index (κ3) is 4.41. The molecule has 0 spiro atoms. The molecule has 0 fully saturated rings. The van der Waals surface area contributed by atoms with E-state index in [0.29, 0.717) is 5.92 Å². The van der Waals surface area contributed by atoms with Gasteiger partial charge < -0.3 is 14.4 Å². The van der Waals surface area contributed by atoms with Gasteiger partial charge in [0, 0.05) is 5.69 Å². The minimum atomic E-state index is -3.28. The lowest BCUT2D eigenvalue weighted by atomic mass is 9.73. The van der Waals surface area contributed by atoms with E-state index < -0.39 is 7.60 Å². The molecule has 1 aliphatic rings. The SMILES string of the molecule is CC(C)OP(=O)(OC(C)C)C1CC(C(C)(C)C)c2ccccc2N1. The van der Waals surface area contributed by atoms with E-state index in [4.69, 9.17) is 9.05 Å². The van der Waals surface area contributed by atoms with Crippen LogP contribution in [-0.4, -0.2) is 18.0 Å². The fourth-order valence-corrected chi connectivity index (χ4v) is 5.59. The molecule has 0 aromatic heterocycles. The van der Waals surface area contributed by atoms with Gasteiger partial charge in [0.1, 0.15) is 5.78 Å². The van der Waals surface area contributed by atoms with Gasteiger partial charge in [-0.25, -0.2) is 0 Å². The summed E-state index contributed by atoms with van der Waals surface area (Å²) in [6, 6.07) is 8.28. The molecule has 1 aromatic carbocycles. The van der Waals surface area contributed by atoms with Gasteiger partial charge in [0.2, 0.25) is 0 Å². The zero-order valence-corrected chi connectivity index (χ0v) is 16.9. The van der Waals surface area contributed by atoms with Gasteiger partial charge in [0.25, 0.3) is 0 Å². The first-order chi connectivity index (χ1) is 11.0. The van der Waals surface area contributed by atoms with Gasteiger partial charge in [-0.3, -0.25) is 4.57 Å². The number of fused-ring (bicyclic) bond motifs is 1. The molecule has 5 heteroatoms. The summed E-state index contributed by atoms with van der Waals surface area (Å²) >= 11 is 0. The van der Waals surface area contributed by atoms with Crippen molar-refractivity contribution in [2.45, 2.75) is 78.8 Å². The predicted octanol–water partition coefficient (Wildman–Crippen LogP) is 6.00. The van der Waals surface area contributed by atoms with Crippen LogP contribution in [0.2, 0.25) is 0 Å². The standard InChI is InChI=1S/C19H32NO3P/c1-13(2)22-24(21,23-14(3)4)18-12-16(19(5,6)7)15-10-8-9-11-17(15)20-18/h8-11,13-14,16,18,20H,12H2,1-7H3. The molecule has 1 heterocycles. The highest BCUT2D eigenvalue weighted by Crippen LogP contribution is 2.60. The molecule has 1 N–H and O–H groups in total. The van der Waals surface area contributed by atoms with Crippen molar-refractivity contribution < 1.29 is 13.6 Å². The maximum absolute atomic E-state index is 13.6. The zero-order chi connectivity index (χ0) is 18.1. The van der Waals surface area contributed by atoms with Gasteiger partial charge in [-0.1, -0.05) is 39.0 Å². The maximum atomic E-state index is 13.6. The average molecular weight is 353 g/mol. The number of nitrogens with one attached hydrogen (secondary N) is 1. The molecule has 1 aliphatic heterocycles. The number of rotatable bonds is 5. The summed E-state index contributed by atoms with van der Waals surface area (Å²) in [5.74, 6) is -0.0405. The van der Waals surface area contributed by atoms with E-state index in [0.717, 1.165) is 12.1 Å². The van der Waals surface area contributed by atoms with Crippen molar-refractivity contribution >= 4 is 13.3 Å². The molecule has 0 radical (unpaired) electrons. The van der Waals surface area contributed by atoms with Crippen molar-refractivity contribution in [2.24, 2.45) is 5.41 Å². The van der Waals surface area contributed by atoms with E-state index >= 15 is 0 Å². The first-order valence-electron chi connectivity index (χ1n) is 8.85. The highest BCUT2D eigenvalue weighted by molar-refractivity contribution is 7.54. The summed E-state index contributed by atoms with van der Waals surface area (Å²) in [5.41, 5.74) is 2.38. The molecule has 0 saturated carbocycles. The maximum Gasteiger partial charge on any atom is 0.353 e. The normalized spacial score (nSPS) is 21.7. The number of para-hydroxylation sites is 1. The second kappa shape index (κ2) is 7.19. The monoisotopic (exact) mass is 353 g/mol. The van der Waals surface area contributed by atoms with E-state index in [1.165, 1.54) is 5.56 Å². The van der Waals surface area contributed by atoms with Crippen LogP contribution in [0.15, 0.2) is 24.3 Å². The molecule has 4 nitrogen and oxygen atoms in total. The fraction of sp³-hybridized carbons (Fsp3) is 0.684. The van der Waals surface area contributed by atoms with Gasteiger partial charge in [-0.05, 0) is 57.1 Å². The van der Waals surface area contributed by atoms with Crippen molar-refractivity contribution in [1.29, 1.82) is 0 Å². The van der Waals surface area contributed by atoms with E-state index in [1.807, 2.05) is 33.8 Å². The van der Waals surface area contributed by atoms with Gasteiger partial charge >= 0.3 is 7.60 Å². The first-order valence-corrected chi connectivity index (χ1v) is 10.5. The summed E-state index contributed by atoms with van der Waals surface area (Å²) in [6.07, 6.45) is 0.431. The summed E-state index contributed by atoms with van der Waals surface area (Å²) in [5, 5.41) is 3.44. The molecule has 1 aromatic rings. The van der Waals surface area contributed by atoms with Gasteiger partial charge in [-0.15, -0.1) is 0 Å². The Morgan fingerprint density at radius 1 is 1.08 bits per heavy atom. The van der Waals surface area contributed by atoms with Crippen molar-refractivity contribution in [1.82, 2.24) is 0 Å². The number of hydrogen-bond acceptors (Lipinski definition) is 4. The van der Waals surface area contributed by atoms with Crippen LogP contribution >= 0.6 is 7.60 Å². The van der Waals surface area contributed by atoms with E-state index in [2.05, 4.69) is 44.3 Å². The summed E-state index contributed by atoms with van der Waals surface area (Å²) < 4.78 is 25.2. The Morgan fingerprint density at radius 2 is 1.62 bits per heavy atom. The summed E-state index contributed by atoms with van der Waals surface area (Å²) in [6.45, 7) is 14.3.